The van der Waals surface area contributed by atoms with Gasteiger partial charge in [0, 0.05) is 34.3 Å². The van der Waals surface area contributed by atoms with E-state index in [1.54, 1.807) is 13.2 Å². The second-order valence-corrected chi connectivity index (χ2v) is 20.6. The number of rotatable bonds is 9. The van der Waals surface area contributed by atoms with Gasteiger partial charge in [-0.1, -0.05) is 100 Å². The zero-order valence-corrected chi connectivity index (χ0v) is 33.9. The van der Waals surface area contributed by atoms with E-state index in [-0.39, 0.29) is 42.3 Å². The Balaban J connectivity index is 1.38. The Bertz CT molecular complexity index is 2120. The molecule has 286 valence electrons. The molecule has 0 saturated carbocycles. The van der Waals surface area contributed by atoms with Crippen LogP contribution in [0.25, 0.3) is 0 Å². The topological polar surface area (TPSA) is 96.7 Å². The fourth-order valence-corrected chi connectivity index (χ4v) is 14.9. The van der Waals surface area contributed by atoms with E-state index < -0.39 is 20.4 Å². The Morgan fingerprint density at radius 2 is 1.62 bits per heavy atom. The fraction of sp³-hybridized carbons (Fsp3) is 0.400. The number of nitrogens with zero attached hydrogens (tertiary/aromatic N) is 3. The van der Waals surface area contributed by atoms with Crippen molar-refractivity contribution >= 4 is 18.7 Å². The maximum absolute atomic E-state index is 12.0. The van der Waals surface area contributed by atoms with E-state index in [1.807, 2.05) is 13.8 Å². The lowest BCUT2D eigenvalue weighted by molar-refractivity contribution is -0.0812. The number of aromatic hydroxyl groups is 1. The molecule has 5 atom stereocenters. The molecule has 4 aliphatic heterocycles. The summed E-state index contributed by atoms with van der Waals surface area (Å²) in [7, 11) is 0.661. The van der Waals surface area contributed by atoms with Crippen molar-refractivity contribution in [3.05, 3.63) is 113 Å². The average molecular weight is 758 g/mol. The second-order valence-electron chi connectivity index (χ2n) is 16.3. The molecule has 1 fully saturated rings. The maximum Gasteiger partial charge on any atom is 0.261 e. The molecular formula is C45H51N3O6Si. The smallest absolute Gasteiger partial charge is 0.261 e. The molecule has 1 unspecified atom stereocenters. The SMILES string of the molecule is C=CCOc1c(C)c2c(c3c1CC1[C@@H]4c5c(cc(C)c(OC)c5O)C[C@@H]([C@H](C#N)N1[C@H]3CO[Si](c1ccccc1)(c1ccccc1)C(C)(C)C)N4C)OCO2. The first-order valence-electron chi connectivity index (χ1n) is 19.2. The minimum Gasteiger partial charge on any atom is -0.504 e. The molecule has 4 aliphatic rings. The standard InChI is InChI=1S/C45H51N3O6Si/c1-9-20-51-42-28(3)43-44(53-26-52-43)38-32(42)23-34-39-37-29(21-27(2)41(50-8)40(37)49)22-33(47(39)7)35(24-46)48(34)36(38)25-54-55(45(4,5)6,30-16-12-10-13-17-30)31-18-14-11-15-19-31/h9-19,21,33-36,39,49H,1,20,22-23,25-26H2,2-8H3/t33-,34?,35-,36-,39+/m0/s1. The Kier molecular flexibility index (Phi) is 9.49. The predicted octanol–water partition coefficient (Wildman–Crippen LogP) is 6.66. The summed E-state index contributed by atoms with van der Waals surface area (Å²) in [5, 5.41) is 25.3. The molecule has 0 radical (unpaired) electrons. The number of methoxy groups -OCH3 is 1. The highest BCUT2D eigenvalue weighted by Crippen LogP contribution is 2.58. The molecule has 0 aliphatic carbocycles. The van der Waals surface area contributed by atoms with Gasteiger partial charge in [0.2, 0.25) is 6.79 Å². The summed E-state index contributed by atoms with van der Waals surface area (Å²) in [5.41, 5.74) is 5.61. The first-order valence-corrected chi connectivity index (χ1v) is 21.1. The first-order chi connectivity index (χ1) is 26.5. The molecule has 8 rings (SSSR count). The number of piperazine rings is 1. The molecule has 55 heavy (non-hydrogen) atoms. The Morgan fingerprint density at radius 3 is 2.22 bits per heavy atom. The van der Waals surface area contributed by atoms with Gasteiger partial charge in [-0.2, -0.15) is 5.26 Å². The number of hydrogen-bond donors (Lipinski definition) is 1. The normalized spacial score (nSPS) is 22.9. The summed E-state index contributed by atoms with van der Waals surface area (Å²) in [6.45, 7) is 15.5. The minimum absolute atomic E-state index is 0.0926. The van der Waals surface area contributed by atoms with Crippen LogP contribution in [0.4, 0.5) is 0 Å². The summed E-state index contributed by atoms with van der Waals surface area (Å²) in [4.78, 5) is 4.69. The zero-order chi connectivity index (χ0) is 38.8. The highest BCUT2D eigenvalue weighted by molar-refractivity contribution is 6.99. The van der Waals surface area contributed by atoms with Crippen LogP contribution >= 0.6 is 0 Å². The third-order valence-corrected chi connectivity index (χ3v) is 17.5. The molecule has 4 heterocycles. The monoisotopic (exact) mass is 757 g/mol. The summed E-state index contributed by atoms with van der Waals surface area (Å²) in [6.07, 6.45) is 2.91. The molecule has 0 aromatic heterocycles. The van der Waals surface area contributed by atoms with E-state index in [9.17, 15) is 10.4 Å². The van der Waals surface area contributed by atoms with Gasteiger partial charge >= 0.3 is 0 Å². The zero-order valence-electron chi connectivity index (χ0n) is 32.9. The molecule has 9 nitrogen and oxygen atoms in total. The number of hydrogen-bond acceptors (Lipinski definition) is 9. The van der Waals surface area contributed by atoms with Gasteiger partial charge in [-0.3, -0.25) is 9.80 Å². The third-order valence-electron chi connectivity index (χ3n) is 12.5. The second kappa shape index (κ2) is 14.1. The van der Waals surface area contributed by atoms with Crippen LogP contribution in [0, 0.1) is 25.2 Å². The van der Waals surface area contributed by atoms with Crippen molar-refractivity contribution < 1.29 is 28.5 Å². The van der Waals surface area contributed by atoms with E-state index in [2.05, 4.69) is 117 Å². The maximum atomic E-state index is 12.0. The number of ether oxygens (including phenoxy) is 4. The molecule has 2 bridgehead atoms. The Hall–Kier alpha value is -4.79. The number of phenols is 1. The van der Waals surface area contributed by atoms with Crippen molar-refractivity contribution in [3.63, 3.8) is 0 Å². The van der Waals surface area contributed by atoms with Crippen LogP contribution in [0.2, 0.25) is 5.04 Å². The minimum atomic E-state index is -3.03. The lowest BCUT2D eigenvalue weighted by Crippen LogP contribution is -2.70. The predicted molar refractivity (Wildman–Crippen MR) is 215 cm³/mol. The summed E-state index contributed by atoms with van der Waals surface area (Å²) in [5.74, 6) is 2.75. The largest absolute Gasteiger partial charge is 0.504 e. The van der Waals surface area contributed by atoms with Gasteiger partial charge in [-0.25, -0.2) is 0 Å². The molecule has 0 spiro atoms. The van der Waals surface area contributed by atoms with Crippen LogP contribution in [0.1, 0.15) is 66.2 Å². The van der Waals surface area contributed by atoms with Gasteiger partial charge in [0.15, 0.2) is 23.0 Å². The molecule has 10 heteroatoms. The molecule has 4 aromatic carbocycles. The van der Waals surface area contributed by atoms with E-state index in [0.29, 0.717) is 36.7 Å². The van der Waals surface area contributed by atoms with Crippen LogP contribution < -0.4 is 29.3 Å². The van der Waals surface area contributed by atoms with E-state index in [1.165, 1.54) is 10.4 Å². The molecule has 1 saturated heterocycles. The van der Waals surface area contributed by atoms with Crippen molar-refractivity contribution in [3.8, 4) is 34.8 Å². The van der Waals surface area contributed by atoms with Crippen molar-refractivity contribution in [2.24, 2.45) is 0 Å². The summed E-state index contributed by atoms with van der Waals surface area (Å²) >= 11 is 0. The highest BCUT2D eigenvalue weighted by atomic mass is 28.4. The Morgan fingerprint density at radius 1 is 0.964 bits per heavy atom. The number of aryl methyl sites for hydroxylation is 1. The quantitative estimate of drug-likeness (QED) is 0.149. The fourth-order valence-electron chi connectivity index (χ4n) is 10.3. The van der Waals surface area contributed by atoms with Crippen LogP contribution in [-0.4, -0.2) is 75.5 Å². The van der Waals surface area contributed by atoms with Crippen molar-refractivity contribution in [2.45, 2.75) is 82.7 Å². The molecule has 4 aromatic rings. The third kappa shape index (κ3) is 5.58. The van der Waals surface area contributed by atoms with Crippen LogP contribution in [-0.2, 0) is 17.3 Å². The number of fused-ring (bicyclic) bond motifs is 9. The van der Waals surface area contributed by atoms with Crippen molar-refractivity contribution in [1.82, 2.24) is 9.80 Å². The van der Waals surface area contributed by atoms with Gasteiger partial charge in [-0.15, -0.1) is 0 Å². The number of likely N-dealkylation sites (N-methyl/N-ethyl adjacent to an activating group) is 1. The van der Waals surface area contributed by atoms with E-state index in [0.717, 1.165) is 39.1 Å². The van der Waals surface area contributed by atoms with Gasteiger partial charge in [0.25, 0.3) is 8.32 Å². The summed E-state index contributed by atoms with van der Waals surface area (Å²) in [6, 6.07) is 24.7. The van der Waals surface area contributed by atoms with Crippen molar-refractivity contribution in [2.75, 3.05) is 34.2 Å². The van der Waals surface area contributed by atoms with Gasteiger partial charge in [-0.05, 0) is 60.3 Å². The van der Waals surface area contributed by atoms with E-state index >= 15 is 0 Å². The average Bonchev–Trinajstić information content (AvgIpc) is 3.66. The van der Waals surface area contributed by atoms with Crippen molar-refractivity contribution in [1.29, 1.82) is 5.26 Å². The lowest BCUT2D eigenvalue weighted by atomic mass is 9.71. The van der Waals surface area contributed by atoms with E-state index in [4.69, 9.17) is 23.4 Å². The number of benzene rings is 4. The van der Waals surface area contributed by atoms with Gasteiger partial charge in [0.05, 0.1) is 31.9 Å². The van der Waals surface area contributed by atoms with Gasteiger partial charge < -0.3 is 28.5 Å². The molecule has 1 N–H and O–H groups in total. The highest BCUT2D eigenvalue weighted by Gasteiger charge is 2.58. The molecular weight excluding hydrogens is 707 g/mol. The first kappa shape index (κ1) is 37.1. The summed E-state index contributed by atoms with van der Waals surface area (Å²) < 4.78 is 32.7. The lowest BCUT2D eigenvalue weighted by Gasteiger charge is -2.60. The Labute approximate surface area is 325 Å². The number of phenolic OH excluding ortho intramolecular Hbond substituents is 1. The van der Waals surface area contributed by atoms with Gasteiger partial charge in [0.1, 0.15) is 18.4 Å². The van der Waals surface area contributed by atoms with Crippen LogP contribution in [0.3, 0.4) is 0 Å². The van der Waals surface area contributed by atoms with Crippen LogP contribution in [0.15, 0.2) is 79.4 Å². The number of nitriles is 1. The van der Waals surface area contributed by atoms with Crippen LogP contribution in [0.5, 0.6) is 28.7 Å². The molecule has 0 amide bonds.